The summed E-state index contributed by atoms with van der Waals surface area (Å²) in [6.45, 7) is 13.3. The van der Waals surface area contributed by atoms with Crippen molar-refractivity contribution in [2.24, 2.45) is 0 Å². The Kier molecular flexibility index (Phi) is 5.11. The molecule has 0 aliphatic heterocycles. The number of rotatable bonds is 4. The van der Waals surface area contributed by atoms with Crippen LogP contribution in [0.3, 0.4) is 0 Å². The second-order valence-electron chi connectivity index (χ2n) is 6.93. The van der Waals surface area contributed by atoms with E-state index >= 15 is 0 Å². The van der Waals surface area contributed by atoms with Gasteiger partial charge in [-0.25, -0.2) is 4.39 Å². The molecule has 108 valence electrons. The zero-order valence-corrected chi connectivity index (χ0v) is 12.9. The molecule has 0 fully saturated rings. The van der Waals surface area contributed by atoms with Crippen LogP contribution in [0.5, 0.6) is 0 Å². The molecule has 0 amide bonds. The highest BCUT2D eigenvalue weighted by Crippen LogP contribution is 2.16. The van der Waals surface area contributed by atoms with E-state index < -0.39 is 0 Å². The fourth-order valence-corrected chi connectivity index (χ4v) is 1.51. The minimum absolute atomic E-state index is 0.0520. The Labute approximate surface area is 116 Å². The third-order valence-corrected chi connectivity index (χ3v) is 2.59. The summed E-state index contributed by atoms with van der Waals surface area (Å²) in [5.74, 6) is -0.205. The fraction of sp³-hybridized carbons (Fsp3) is 0.625. The minimum atomic E-state index is -0.258. The lowest BCUT2D eigenvalue weighted by Gasteiger charge is -2.22. The Morgan fingerprint density at radius 2 is 1.74 bits per heavy atom. The predicted octanol–water partition coefficient (Wildman–Crippen LogP) is 4.03. The summed E-state index contributed by atoms with van der Waals surface area (Å²) in [7, 11) is 0. The van der Waals surface area contributed by atoms with Gasteiger partial charge in [-0.3, -0.25) is 0 Å². The van der Waals surface area contributed by atoms with Crippen LogP contribution >= 0.6 is 0 Å². The summed E-state index contributed by atoms with van der Waals surface area (Å²) in [4.78, 5) is 0. The molecule has 0 aliphatic carbocycles. The molecule has 0 saturated heterocycles. The lowest BCUT2D eigenvalue weighted by atomic mass is 10.1. The van der Waals surface area contributed by atoms with Crippen molar-refractivity contribution in [3.05, 3.63) is 35.1 Å². The first kappa shape index (κ1) is 16.1. The van der Waals surface area contributed by atoms with E-state index in [0.717, 1.165) is 12.1 Å². The van der Waals surface area contributed by atoms with Crippen LogP contribution < -0.4 is 5.32 Å². The second kappa shape index (κ2) is 6.02. The van der Waals surface area contributed by atoms with Crippen molar-refractivity contribution >= 4 is 0 Å². The SMILES string of the molecule is CC(C)(C)NCc1ccc(F)c(COC(C)(C)C)c1. The molecule has 1 aromatic rings. The molecule has 0 heterocycles. The highest BCUT2D eigenvalue weighted by molar-refractivity contribution is 5.24. The van der Waals surface area contributed by atoms with Crippen molar-refractivity contribution in [1.82, 2.24) is 5.32 Å². The van der Waals surface area contributed by atoms with Gasteiger partial charge in [0.05, 0.1) is 12.2 Å². The molecular formula is C16H26FNO. The summed E-state index contributed by atoms with van der Waals surface area (Å²) in [5.41, 5.74) is 1.48. The molecule has 0 bridgehead atoms. The summed E-state index contributed by atoms with van der Waals surface area (Å²) >= 11 is 0. The Morgan fingerprint density at radius 3 is 2.26 bits per heavy atom. The topological polar surface area (TPSA) is 21.3 Å². The normalized spacial score (nSPS) is 12.8. The van der Waals surface area contributed by atoms with Gasteiger partial charge in [-0.1, -0.05) is 6.07 Å². The van der Waals surface area contributed by atoms with E-state index in [0.29, 0.717) is 12.2 Å². The first-order valence-electron chi connectivity index (χ1n) is 6.73. The first-order valence-corrected chi connectivity index (χ1v) is 6.73. The standard InChI is InChI=1S/C16H26FNO/c1-15(2,3)18-10-12-7-8-14(17)13(9-12)11-19-16(4,5)6/h7-9,18H,10-11H2,1-6H3. The van der Waals surface area contributed by atoms with Gasteiger partial charge in [-0.2, -0.15) is 0 Å². The van der Waals surface area contributed by atoms with Gasteiger partial charge in [-0.05, 0) is 59.2 Å². The maximum atomic E-state index is 13.7. The maximum Gasteiger partial charge on any atom is 0.128 e. The Morgan fingerprint density at radius 1 is 1.11 bits per heavy atom. The third-order valence-electron chi connectivity index (χ3n) is 2.59. The Bertz CT molecular complexity index is 416. The molecule has 3 heteroatoms. The quantitative estimate of drug-likeness (QED) is 0.889. The highest BCUT2D eigenvalue weighted by Gasteiger charge is 2.13. The van der Waals surface area contributed by atoms with Gasteiger partial charge >= 0.3 is 0 Å². The van der Waals surface area contributed by atoms with Crippen LogP contribution in [0, 0.1) is 5.82 Å². The van der Waals surface area contributed by atoms with E-state index in [4.69, 9.17) is 4.74 Å². The van der Waals surface area contributed by atoms with E-state index in [1.54, 1.807) is 0 Å². The van der Waals surface area contributed by atoms with Crippen LogP contribution in [-0.2, 0) is 17.9 Å². The van der Waals surface area contributed by atoms with Crippen LogP contribution in [0.15, 0.2) is 18.2 Å². The molecule has 2 nitrogen and oxygen atoms in total. The van der Waals surface area contributed by atoms with Gasteiger partial charge in [0.25, 0.3) is 0 Å². The summed E-state index contributed by atoms with van der Waals surface area (Å²) < 4.78 is 19.4. The van der Waals surface area contributed by atoms with E-state index in [-0.39, 0.29) is 17.0 Å². The molecule has 0 aliphatic rings. The van der Waals surface area contributed by atoms with E-state index in [2.05, 4.69) is 26.1 Å². The van der Waals surface area contributed by atoms with Crippen molar-refractivity contribution in [2.45, 2.75) is 65.8 Å². The lowest BCUT2D eigenvalue weighted by Crippen LogP contribution is -2.35. The molecule has 1 aromatic carbocycles. The third kappa shape index (κ3) is 6.69. The maximum absolute atomic E-state index is 13.7. The number of hydrogen-bond donors (Lipinski definition) is 1. The lowest BCUT2D eigenvalue weighted by molar-refractivity contribution is -0.0161. The average Bonchev–Trinajstić information content (AvgIpc) is 2.24. The number of benzene rings is 1. The zero-order valence-electron chi connectivity index (χ0n) is 12.9. The first-order chi connectivity index (χ1) is 8.57. The van der Waals surface area contributed by atoms with Gasteiger partial charge in [0.2, 0.25) is 0 Å². The van der Waals surface area contributed by atoms with Crippen LogP contribution in [-0.4, -0.2) is 11.1 Å². The molecule has 1 rings (SSSR count). The number of hydrogen-bond acceptors (Lipinski definition) is 2. The fourth-order valence-electron chi connectivity index (χ4n) is 1.51. The van der Waals surface area contributed by atoms with Gasteiger partial charge in [0, 0.05) is 17.6 Å². The molecule has 19 heavy (non-hydrogen) atoms. The van der Waals surface area contributed by atoms with Gasteiger partial charge < -0.3 is 10.1 Å². The van der Waals surface area contributed by atoms with Crippen LogP contribution in [0.25, 0.3) is 0 Å². The molecule has 0 aromatic heterocycles. The van der Waals surface area contributed by atoms with Gasteiger partial charge in [0.1, 0.15) is 5.82 Å². The highest BCUT2D eigenvalue weighted by atomic mass is 19.1. The van der Waals surface area contributed by atoms with Crippen molar-refractivity contribution in [2.75, 3.05) is 0 Å². The number of ether oxygens (including phenoxy) is 1. The van der Waals surface area contributed by atoms with Crippen molar-refractivity contribution in [3.63, 3.8) is 0 Å². The smallest absolute Gasteiger partial charge is 0.128 e. The van der Waals surface area contributed by atoms with Crippen molar-refractivity contribution in [1.29, 1.82) is 0 Å². The van der Waals surface area contributed by atoms with Gasteiger partial charge in [0.15, 0.2) is 0 Å². The molecule has 0 atom stereocenters. The minimum Gasteiger partial charge on any atom is -0.371 e. The molecule has 0 radical (unpaired) electrons. The Hall–Kier alpha value is -0.930. The number of nitrogens with one attached hydrogen (secondary N) is 1. The summed E-state index contributed by atoms with van der Waals surface area (Å²) in [6.07, 6.45) is 0. The van der Waals surface area contributed by atoms with E-state index in [1.165, 1.54) is 6.07 Å². The van der Waals surface area contributed by atoms with Crippen LogP contribution in [0.2, 0.25) is 0 Å². The van der Waals surface area contributed by atoms with Crippen LogP contribution in [0.4, 0.5) is 4.39 Å². The largest absolute Gasteiger partial charge is 0.371 e. The van der Waals surface area contributed by atoms with E-state index in [1.807, 2.05) is 32.9 Å². The van der Waals surface area contributed by atoms with Gasteiger partial charge in [-0.15, -0.1) is 0 Å². The van der Waals surface area contributed by atoms with E-state index in [9.17, 15) is 4.39 Å². The average molecular weight is 267 g/mol. The Balaban J connectivity index is 2.71. The second-order valence-corrected chi connectivity index (χ2v) is 6.93. The van der Waals surface area contributed by atoms with Crippen molar-refractivity contribution in [3.8, 4) is 0 Å². The molecular weight excluding hydrogens is 241 g/mol. The molecule has 0 unspecified atom stereocenters. The monoisotopic (exact) mass is 267 g/mol. The molecule has 1 N–H and O–H groups in total. The summed E-state index contributed by atoms with van der Waals surface area (Å²) in [5, 5.41) is 3.39. The summed E-state index contributed by atoms with van der Waals surface area (Å²) in [6, 6.07) is 5.20. The zero-order chi connectivity index (χ0) is 14.7. The number of halogens is 1. The van der Waals surface area contributed by atoms with Crippen LogP contribution in [0.1, 0.15) is 52.7 Å². The predicted molar refractivity (Wildman–Crippen MR) is 77.5 cm³/mol. The van der Waals surface area contributed by atoms with Crippen molar-refractivity contribution < 1.29 is 9.13 Å². The molecule has 0 saturated carbocycles. The molecule has 0 spiro atoms.